The molecule has 0 aliphatic carbocycles. The number of nitrogens with zero attached hydrogens (tertiary/aromatic N) is 2. The zero-order valence-electron chi connectivity index (χ0n) is 12.3. The molecule has 0 saturated carbocycles. The second-order valence-electron chi connectivity index (χ2n) is 5.29. The van der Waals surface area contributed by atoms with Crippen molar-refractivity contribution in [3.8, 4) is 0 Å². The van der Waals surface area contributed by atoms with Crippen molar-refractivity contribution in [2.75, 3.05) is 26.2 Å². The van der Waals surface area contributed by atoms with Crippen LogP contribution in [0.2, 0.25) is 10.0 Å². The van der Waals surface area contributed by atoms with Gasteiger partial charge in [-0.05, 0) is 32.0 Å². The van der Waals surface area contributed by atoms with E-state index < -0.39 is 20.6 Å². The number of halogens is 2. The molecule has 128 valence electrons. The Morgan fingerprint density at radius 3 is 2.43 bits per heavy atom. The van der Waals surface area contributed by atoms with Gasteiger partial charge in [-0.25, -0.2) is 13.1 Å². The van der Waals surface area contributed by atoms with Crippen molar-refractivity contribution >= 4 is 38.9 Å². The van der Waals surface area contributed by atoms with Gasteiger partial charge in [0.1, 0.15) is 9.92 Å². The summed E-state index contributed by atoms with van der Waals surface area (Å²) in [6, 6.07) is 1.95. The summed E-state index contributed by atoms with van der Waals surface area (Å²) in [4.78, 5) is 12.0. The van der Waals surface area contributed by atoms with E-state index in [2.05, 4.69) is 9.62 Å². The van der Waals surface area contributed by atoms with Crippen molar-refractivity contribution in [2.24, 2.45) is 0 Å². The van der Waals surface area contributed by atoms with Gasteiger partial charge in [0.2, 0.25) is 10.0 Å². The van der Waals surface area contributed by atoms with E-state index >= 15 is 0 Å². The fourth-order valence-corrected chi connectivity index (χ4v) is 4.32. The van der Waals surface area contributed by atoms with Gasteiger partial charge in [0.25, 0.3) is 5.69 Å². The molecule has 1 aliphatic rings. The quantitative estimate of drug-likeness (QED) is 0.603. The Morgan fingerprint density at radius 1 is 1.17 bits per heavy atom. The predicted molar refractivity (Wildman–Crippen MR) is 88.6 cm³/mol. The molecule has 1 N–H and O–H groups in total. The fourth-order valence-electron chi connectivity index (χ4n) is 2.46. The van der Waals surface area contributed by atoms with E-state index in [-0.39, 0.29) is 21.5 Å². The third-order valence-electron chi connectivity index (χ3n) is 3.66. The second kappa shape index (κ2) is 7.76. The molecule has 0 atom stereocenters. The van der Waals surface area contributed by atoms with Crippen LogP contribution in [0, 0.1) is 10.1 Å². The standard InChI is InChI=1S/C13H17Cl2N3O4S/c14-10-8-11(15)13(9-12(10)18(19)20)23(21,22)16-4-7-17-5-2-1-3-6-17/h8-9,16H,1-7H2. The van der Waals surface area contributed by atoms with Gasteiger partial charge in [-0.2, -0.15) is 0 Å². The summed E-state index contributed by atoms with van der Waals surface area (Å²) >= 11 is 11.6. The van der Waals surface area contributed by atoms with E-state index in [4.69, 9.17) is 23.2 Å². The van der Waals surface area contributed by atoms with Crippen LogP contribution in [0.15, 0.2) is 17.0 Å². The minimum atomic E-state index is -3.94. The van der Waals surface area contributed by atoms with Gasteiger partial charge in [-0.3, -0.25) is 10.1 Å². The second-order valence-corrected chi connectivity index (χ2v) is 7.84. The first-order chi connectivity index (χ1) is 10.8. The summed E-state index contributed by atoms with van der Waals surface area (Å²) < 4.78 is 27.0. The molecule has 10 heteroatoms. The van der Waals surface area contributed by atoms with Crippen LogP contribution in [0.4, 0.5) is 5.69 Å². The van der Waals surface area contributed by atoms with Gasteiger partial charge in [0.15, 0.2) is 0 Å². The molecular weight excluding hydrogens is 365 g/mol. The fraction of sp³-hybridized carbons (Fsp3) is 0.538. The van der Waals surface area contributed by atoms with E-state index in [9.17, 15) is 18.5 Å². The molecule has 23 heavy (non-hydrogen) atoms. The molecule has 1 aromatic carbocycles. The molecule has 7 nitrogen and oxygen atoms in total. The molecule has 0 bridgehead atoms. The van der Waals surface area contributed by atoms with E-state index in [1.165, 1.54) is 6.42 Å². The minimum absolute atomic E-state index is 0.147. The number of piperidine rings is 1. The molecule has 0 radical (unpaired) electrons. The number of rotatable bonds is 6. The molecule has 1 aliphatic heterocycles. The van der Waals surface area contributed by atoms with Crippen LogP contribution in [-0.2, 0) is 10.0 Å². The van der Waals surface area contributed by atoms with Gasteiger partial charge in [-0.1, -0.05) is 29.6 Å². The van der Waals surface area contributed by atoms with Crippen molar-refractivity contribution in [1.82, 2.24) is 9.62 Å². The lowest BCUT2D eigenvalue weighted by molar-refractivity contribution is -0.384. The maximum atomic E-state index is 12.3. The monoisotopic (exact) mass is 381 g/mol. The molecule has 1 aromatic rings. The topological polar surface area (TPSA) is 92.5 Å². The summed E-state index contributed by atoms with van der Waals surface area (Å²) in [6.45, 7) is 2.71. The molecule has 1 fully saturated rings. The zero-order valence-corrected chi connectivity index (χ0v) is 14.6. The first-order valence-corrected chi connectivity index (χ1v) is 9.40. The van der Waals surface area contributed by atoms with E-state index in [0.717, 1.165) is 38.1 Å². The Balaban J connectivity index is 2.09. The number of hydrogen-bond acceptors (Lipinski definition) is 5. The average molecular weight is 382 g/mol. The van der Waals surface area contributed by atoms with Crippen LogP contribution in [0.1, 0.15) is 19.3 Å². The normalized spacial score (nSPS) is 16.4. The van der Waals surface area contributed by atoms with E-state index in [1.807, 2.05) is 0 Å². The highest BCUT2D eigenvalue weighted by molar-refractivity contribution is 7.89. The first-order valence-electron chi connectivity index (χ1n) is 7.17. The third kappa shape index (κ3) is 4.77. The minimum Gasteiger partial charge on any atom is -0.302 e. The average Bonchev–Trinajstić information content (AvgIpc) is 2.47. The number of nitro benzene ring substituents is 1. The largest absolute Gasteiger partial charge is 0.302 e. The number of hydrogen-bond donors (Lipinski definition) is 1. The van der Waals surface area contributed by atoms with Crippen molar-refractivity contribution in [1.29, 1.82) is 0 Å². The van der Waals surface area contributed by atoms with E-state index in [0.29, 0.717) is 6.54 Å². The Labute approximate surface area is 144 Å². The summed E-state index contributed by atoms with van der Waals surface area (Å²) in [5.41, 5.74) is -0.493. The van der Waals surface area contributed by atoms with Gasteiger partial charge in [0.05, 0.1) is 9.95 Å². The van der Waals surface area contributed by atoms with Crippen LogP contribution in [0.25, 0.3) is 0 Å². The molecule has 0 spiro atoms. The Bertz CT molecular complexity index is 691. The Kier molecular flexibility index (Phi) is 6.21. The Morgan fingerprint density at radius 2 is 1.83 bits per heavy atom. The molecule has 0 aromatic heterocycles. The highest BCUT2D eigenvalue weighted by Gasteiger charge is 2.24. The third-order valence-corrected chi connectivity index (χ3v) is 5.88. The van der Waals surface area contributed by atoms with Crippen molar-refractivity contribution in [3.05, 3.63) is 32.3 Å². The van der Waals surface area contributed by atoms with Crippen LogP contribution >= 0.6 is 23.2 Å². The summed E-state index contributed by atoms with van der Waals surface area (Å²) in [5, 5.41) is 10.5. The lowest BCUT2D eigenvalue weighted by atomic mass is 10.1. The van der Waals surface area contributed by atoms with Crippen LogP contribution in [0.3, 0.4) is 0 Å². The van der Waals surface area contributed by atoms with Crippen LogP contribution in [0.5, 0.6) is 0 Å². The molecule has 2 rings (SSSR count). The van der Waals surface area contributed by atoms with Crippen LogP contribution < -0.4 is 4.72 Å². The van der Waals surface area contributed by atoms with Crippen LogP contribution in [-0.4, -0.2) is 44.4 Å². The number of benzene rings is 1. The highest BCUT2D eigenvalue weighted by atomic mass is 35.5. The lowest BCUT2D eigenvalue weighted by Gasteiger charge is -2.26. The lowest BCUT2D eigenvalue weighted by Crippen LogP contribution is -2.37. The molecule has 0 amide bonds. The molecule has 0 unspecified atom stereocenters. The van der Waals surface area contributed by atoms with E-state index in [1.54, 1.807) is 0 Å². The molecule has 1 saturated heterocycles. The predicted octanol–water partition coefficient (Wildman–Crippen LogP) is 2.67. The Hall–Kier alpha value is -0.930. The van der Waals surface area contributed by atoms with Crippen molar-refractivity contribution in [3.63, 3.8) is 0 Å². The smallest absolute Gasteiger partial charge is 0.289 e. The van der Waals surface area contributed by atoms with Crippen molar-refractivity contribution in [2.45, 2.75) is 24.2 Å². The van der Waals surface area contributed by atoms with Gasteiger partial charge in [0, 0.05) is 19.2 Å². The number of sulfonamides is 1. The van der Waals surface area contributed by atoms with Gasteiger partial charge < -0.3 is 4.90 Å². The van der Waals surface area contributed by atoms with Gasteiger partial charge >= 0.3 is 0 Å². The number of nitro groups is 1. The summed E-state index contributed by atoms with van der Waals surface area (Å²) in [6.07, 6.45) is 3.43. The highest BCUT2D eigenvalue weighted by Crippen LogP contribution is 2.33. The number of likely N-dealkylation sites (tertiary alicyclic amines) is 1. The maximum Gasteiger partial charge on any atom is 0.289 e. The summed E-state index contributed by atoms with van der Waals surface area (Å²) in [7, 11) is -3.94. The first kappa shape index (κ1) is 18.4. The van der Waals surface area contributed by atoms with Crippen molar-refractivity contribution < 1.29 is 13.3 Å². The zero-order chi connectivity index (χ0) is 17.0. The maximum absolute atomic E-state index is 12.3. The molecule has 1 heterocycles. The molecular formula is C13H17Cl2N3O4S. The van der Waals surface area contributed by atoms with Gasteiger partial charge in [-0.15, -0.1) is 0 Å². The SMILES string of the molecule is O=[N+]([O-])c1cc(S(=O)(=O)NCCN2CCCCC2)c(Cl)cc1Cl. The summed E-state index contributed by atoms with van der Waals surface area (Å²) in [5.74, 6) is 0. The number of nitrogens with one attached hydrogen (secondary N) is 1.